The number of imide groups is 1. The number of nitrogens with zero attached hydrogens (tertiary/aromatic N) is 2. The molecule has 1 saturated heterocycles. The van der Waals surface area contributed by atoms with E-state index in [1.807, 2.05) is 6.07 Å². The lowest BCUT2D eigenvalue weighted by atomic mass is 9.91. The van der Waals surface area contributed by atoms with Crippen molar-refractivity contribution in [1.29, 1.82) is 0 Å². The highest BCUT2D eigenvalue weighted by Crippen LogP contribution is 2.30. The Bertz CT molecular complexity index is 1290. The van der Waals surface area contributed by atoms with Crippen LogP contribution in [-0.2, 0) is 31.3 Å². The lowest BCUT2D eigenvalue weighted by Gasteiger charge is -2.31. The van der Waals surface area contributed by atoms with Crippen LogP contribution in [0.4, 0.5) is 0 Å². The van der Waals surface area contributed by atoms with Gasteiger partial charge in [-0.25, -0.2) is 9.78 Å². The largest absolute Gasteiger partial charge is 0.459 e. The average Bonchev–Trinajstić information content (AvgIpc) is 2.92. The van der Waals surface area contributed by atoms with Crippen molar-refractivity contribution in [2.45, 2.75) is 38.3 Å². The Hall–Kier alpha value is -3.52. The van der Waals surface area contributed by atoms with Gasteiger partial charge in [0.05, 0.1) is 15.9 Å². The van der Waals surface area contributed by atoms with E-state index in [9.17, 15) is 19.2 Å². The van der Waals surface area contributed by atoms with E-state index in [0.717, 1.165) is 4.57 Å². The van der Waals surface area contributed by atoms with E-state index in [2.05, 4.69) is 10.3 Å². The van der Waals surface area contributed by atoms with Crippen molar-refractivity contribution in [2.75, 3.05) is 0 Å². The van der Waals surface area contributed by atoms with Crippen LogP contribution >= 0.6 is 11.6 Å². The monoisotopic (exact) mass is 453 g/mol. The van der Waals surface area contributed by atoms with Gasteiger partial charge < -0.3 is 4.74 Å². The fraction of sp³-hybridized carbons (Fsp3) is 0.261. The van der Waals surface area contributed by atoms with Crippen molar-refractivity contribution in [2.24, 2.45) is 0 Å². The third-order valence-corrected chi connectivity index (χ3v) is 5.83. The van der Waals surface area contributed by atoms with E-state index >= 15 is 0 Å². The molecule has 164 valence electrons. The molecule has 1 N–H and O–H groups in total. The number of carbonyl (C=O) groups excluding carboxylic acids is 3. The van der Waals surface area contributed by atoms with E-state index in [1.165, 1.54) is 13.0 Å². The summed E-state index contributed by atoms with van der Waals surface area (Å²) in [6.45, 7) is 1.42. The van der Waals surface area contributed by atoms with Crippen molar-refractivity contribution >= 4 is 40.3 Å². The first-order valence-corrected chi connectivity index (χ1v) is 10.5. The first-order chi connectivity index (χ1) is 15.3. The van der Waals surface area contributed by atoms with Crippen molar-refractivity contribution in [3.8, 4) is 0 Å². The molecule has 2 amide bonds. The van der Waals surface area contributed by atoms with Crippen LogP contribution in [0.15, 0.2) is 53.3 Å². The number of rotatable bonds is 4. The maximum atomic E-state index is 13.5. The maximum absolute atomic E-state index is 13.5. The zero-order valence-electron chi connectivity index (χ0n) is 17.3. The minimum atomic E-state index is -2.08. The van der Waals surface area contributed by atoms with Gasteiger partial charge in [-0.15, -0.1) is 0 Å². The van der Waals surface area contributed by atoms with Crippen LogP contribution < -0.4 is 10.9 Å². The minimum Gasteiger partial charge on any atom is -0.459 e. The summed E-state index contributed by atoms with van der Waals surface area (Å²) in [5, 5.41) is 2.66. The number of carbonyl (C=O) groups is 3. The first kappa shape index (κ1) is 21.7. The van der Waals surface area contributed by atoms with Crippen LogP contribution in [0.2, 0.25) is 5.02 Å². The summed E-state index contributed by atoms with van der Waals surface area (Å²) in [6.07, 6.45) is 0.157. The number of fused-ring (bicyclic) bond motifs is 1. The number of benzene rings is 2. The van der Waals surface area contributed by atoms with Gasteiger partial charge in [-0.3, -0.25) is 24.3 Å². The van der Waals surface area contributed by atoms with Crippen LogP contribution in [0, 0.1) is 6.92 Å². The first-order valence-electron chi connectivity index (χ1n) is 10.1. The molecule has 1 unspecified atom stereocenters. The molecule has 2 aromatic carbocycles. The standard InChI is InChI=1S/C23H20ClN3O5/c1-14-25-19-16(9-5-10-17(19)24)20(29)27(14)23(12-6-11-18(28)26-21(23)30)22(31)32-13-15-7-3-2-4-8-15/h2-5,7-10H,6,11-13H2,1H3,(H,26,28,30). The second-order valence-corrected chi connectivity index (χ2v) is 8.00. The van der Waals surface area contributed by atoms with E-state index < -0.39 is 28.9 Å². The molecule has 8 nitrogen and oxygen atoms in total. The van der Waals surface area contributed by atoms with E-state index in [0.29, 0.717) is 5.56 Å². The van der Waals surface area contributed by atoms with Gasteiger partial charge in [0, 0.05) is 6.42 Å². The number of halogens is 1. The molecule has 1 atom stereocenters. The summed E-state index contributed by atoms with van der Waals surface area (Å²) in [6, 6.07) is 13.7. The molecule has 1 aromatic heterocycles. The molecule has 1 aliphatic heterocycles. The molecule has 0 spiro atoms. The fourth-order valence-electron chi connectivity index (χ4n) is 3.98. The molecule has 0 saturated carbocycles. The Labute approximate surface area is 188 Å². The number of hydrogen-bond acceptors (Lipinski definition) is 6. The summed E-state index contributed by atoms with van der Waals surface area (Å²) in [4.78, 5) is 56.7. The number of aromatic nitrogens is 2. The van der Waals surface area contributed by atoms with Gasteiger partial charge in [-0.05, 0) is 37.5 Å². The molecular formula is C23H20ClN3O5. The third-order valence-electron chi connectivity index (χ3n) is 5.52. The van der Waals surface area contributed by atoms with Gasteiger partial charge in [0.15, 0.2) is 0 Å². The van der Waals surface area contributed by atoms with E-state index in [-0.39, 0.29) is 47.6 Å². The second kappa shape index (κ2) is 8.55. The number of esters is 1. The number of amides is 2. The zero-order valence-corrected chi connectivity index (χ0v) is 18.0. The summed E-state index contributed by atoms with van der Waals surface area (Å²) in [7, 11) is 0. The van der Waals surface area contributed by atoms with Crippen molar-refractivity contribution < 1.29 is 19.1 Å². The molecule has 1 aliphatic rings. The second-order valence-electron chi connectivity index (χ2n) is 7.59. The molecule has 9 heteroatoms. The highest BCUT2D eigenvalue weighted by atomic mass is 35.5. The topological polar surface area (TPSA) is 107 Å². The number of nitrogens with one attached hydrogen (secondary N) is 1. The molecule has 0 bridgehead atoms. The number of aryl methyl sites for hydroxylation is 1. The van der Waals surface area contributed by atoms with Crippen LogP contribution in [0.3, 0.4) is 0 Å². The van der Waals surface area contributed by atoms with Crippen molar-refractivity contribution in [3.63, 3.8) is 0 Å². The lowest BCUT2D eigenvalue weighted by Crippen LogP contribution is -2.58. The van der Waals surface area contributed by atoms with Crippen LogP contribution in [-0.4, -0.2) is 27.3 Å². The van der Waals surface area contributed by atoms with Gasteiger partial charge in [0.25, 0.3) is 11.5 Å². The maximum Gasteiger partial charge on any atom is 0.342 e. The summed E-state index contributed by atoms with van der Waals surface area (Å²) < 4.78 is 6.54. The summed E-state index contributed by atoms with van der Waals surface area (Å²) >= 11 is 6.20. The molecule has 32 heavy (non-hydrogen) atoms. The predicted octanol–water partition coefficient (Wildman–Crippen LogP) is 2.62. The molecule has 3 aromatic rings. The predicted molar refractivity (Wildman–Crippen MR) is 117 cm³/mol. The van der Waals surface area contributed by atoms with Crippen molar-refractivity contribution in [3.05, 3.63) is 75.3 Å². The van der Waals surface area contributed by atoms with Crippen molar-refractivity contribution in [1.82, 2.24) is 14.9 Å². The van der Waals surface area contributed by atoms with Gasteiger partial charge in [-0.1, -0.05) is 48.0 Å². The SMILES string of the molecule is Cc1nc2c(Cl)cccc2c(=O)n1C1(C(=O)OCc2ccccc2)CCCC(=O)NC1=O. The average molecular weight is 454 g/mol. The van der Waals surface area contributed by atoms with E-state index in [4.69, 9.17) is 16.3 Å². The Morgan fingerprint density at radius 3 is 2.66 bits per heavy atom. The minimum absolute atomic E-state index is 0.0418. The van der Waals surface area contributed by atoms with Crippen LogP contribution in [0.1, 0.15) is 30.7 Å². The Balaban J connectivity index is 1.89. The molecule has 2 heterocycles. The normalized spacial score (nSPS) is 18.8. The highest BCUT2D eigenvalue weighted by molar-refractivity contribution is 6.35. The van der Waals surface area contributed by atoms with Crippen LogP contribution in [0.5, 0.6) is 0 Å². The lowest BCUT2D eigenvalue weighted by molar-refractivity contribution is -0.161. The van der Waals surface area contributed by atoms with Gasteiger partial charge in [0.2, 0.25) is 11.4 Å². The highest BCUT2D eigenvalue weighted by Gasteiger charge is 2.52. The Morgan fingerprint density at radius 1 is 1.16 bits per heavy atom. The summed E-state index contributed by atoms with van der Waals surface area (Å²) in [5.41, 5.74) is -1.71. The van der Waals surface area contributed by atoms with E-state index in [1.54, 1.807) is 36.4 Å². The van der Waals surface area contributed by atoms with Crippen LogP contribution in [0.25, 0.3) is 10.9 Å². The Morgan fingerprint density at radius 2 is 1.91 bits per heavy atom. The van der Waals surface area contributed by atoms with Gasteiger partial charge in [-0.2, -0.15) is 0 Å². The quantitative estimate of drug-likeness (QED) is 0.369. The molecule has 4 rings (SSSR count). The summed E-state index contributed by atoms with van der Waals surface area (Å²) in [5.74, 6) is -2.25. The Kier molecular flexibility index (Phi) is 5.80. The van der Waals surface area contributed by atoms with Gasteiger partial charge in [0.1, 0.15) is 12.4 Å². The number of para-hydroxylation sites is 1. The molecular weight excluding hydrogens is 434 g/mol. The smallest absolute Gasteiger partial charge is 0.342 e. The third kappa shape index (κ3) is 3.67. The van der Waals surface area contributed by atoms with Gasteiger partial charge >= 0.3 is 5.97 Å². The zero-order chi connectivity index (χ0) is 22.9. The molecule has 0 aliphatic carbocycles. The number of hydrogen-bond donors (Lipinski definition) is 1. The molecule has 0 radical (unpaired) electrons. The fourth-order valence-corrected chi connectivity index (χ4v) is 4.20. The number of ether oxygens (including phenoxy) is 1. The molecule has 1 fully saturated rings.